The summed E-state index contributed by atoms with van der Waals surface area (Å²) in [5.41, 5.74) is 2.36. The minimum atomic E-state index is -0.243. The van der Waals surface area contributed by atoms with Crippen molar-refractivity contribution >= 4 is 0 Å². The molecule has 3 heteroatoms. The van der Waals surface area contributed by atoms with E-state index in [2.05, 4.69) is 29.6 Å². The molecule has 1 aliphatic rings. The lowest BCUT2D eigenvalue weighted by Crippen LogP contribution is -2.31. The maximum absolute atomic E-state index is 13.4. The number of rotatable bonds is 4. The summed E-state index contributed by atoms with van der Waals surface area (Å²) in [5.74, 6) is 0.436. The Labute approximate surface area is 125 Å². The zero-order valence-electron chi connectivity index (χ0n) is 12.2. The summed E-state index contributed by atoms with van der Waals surface area (Å²) in [6, 6.07) is 15.4. The van der Waals surface area contributed by atoms with E-state index in [0.29, 0.717) is 5.75 Å². The van der Waals surface area contributed by atoms with Crippen LogP contribution in [0.1, 0.15) is 30.0 Å². The molecule has 0 spiro atoms. The average Bonchev–Trinajstić information content (AvgIpc) is 2.52. The van der Waals surface area contributed by atoms with Crippen molar-refractivity contribution in [3.63, 3.8) is 0 Å². The minimum Gasteiger partial charge on any atom is -0.490 e. The van der Waals surface area contributed by atoms with Gasteiger partial charge < -0.3 is 10.1 Å². The van der Waals surface area contributed by atoms with Gasteiger partial charge in [-0.15, -0.1) is 0 Å². The molecule has 2 nitrogen and oxygen atoms in total. The Hall–Kier alpha value is -1.87. The van der Waals surface area contributed by atoms with Gasteiger partial charge in [0.25, 0.3) is 0 Å². The highest BCUT2D eigenvalue weighted by Gasteiger charge is 2.27. The lowest BCUT2D eigenvalue weighted by Gasteiger charge is -2.32. The second-order valence-electron chi connectivity index (χ2n) is 5.52. The molecule has 2 atom stereocenters. The first-order chi connectivity index (χ1) is 10.3. The molecule has 1 heterocycles. The largest absolute Gasteiger partial charge is 0.490 e. The third kappa shape index (κ3) is 3.24. The number of fused-ring (bicyclic) bond motifs is 1. The molecule has 21 heavy (non-hydrogen) atoms. The van der Waals surface area contributed by atoms with Gasteiger partial charge in [-0.05, 0) is 31.5 Å². The van der Waals surface area contributed by atoms with Crippen LogP contribution < -0.4 is 10.1 Å². The van der Waals surface area contributed by atoms with Gasteiger partial charge in [0.2, 0.25) is 0 Å². The highest BCUT2D eigenvalue weighted by atomic mass is 19.1. The second-order valence-corrected chi connectivity index (χ2v) is 5.52. The standard InChI is InChI=1S/C18H20FNO/c1-20-17-12-15(9-7-13-5-3-2-4-6-13)21-18-11-14(19)8-10-16(17)18/h2-6,8,10-11,15,17,20H,7,9,12H2,1H3. The zero-order valence-corrected chi connectivity index (χ0v) is 12.2. The molecule has 0 aliphatic carbocycles. The number of nitrogens with one attached hydrogen (secondary N) is 1. The van der Waals surface area contributed by atoms with Gasteiger partial charge in [0.15, 0.2) is 0 Å². The first-order valence-corrected chi connectivity index (χ1v) is 7.43. The van der Waals surface area contributed by atoms with E-state index < -0.39 is 0 Å². The molecule has 1 N–H and O–H groups in total. The van der Waals surface area contributed by atoms with E-state index >= 15 is 0 Å². The second kappa shape index (κ2) is 6.27. The Morgan fingerprint density at radius 2 is 2.00 bits per heavy atom. The highest BCUT2D eigenvalue weighted by Crippen LogP contribution is 2.36. The molecule has 110 valence electrons. The summed E-state index contributed by atoms with van der Waals surface area (Å²) in [6.07, 6.45) is 2.96. The first kappa shape index (κ1) is 14.1. The van der Waals surface area contributed by atoms with Gasteiger partial charge >= 0.3 is 0 Å². The average molecular weight is 285 g/mol. The van der Waals surface area contributed by atoms with E-state index in [9.17, 15) is 4.39 Å². The van der Waals surface area contributed by atoms with E-state index in [1.807, 2.05) is 19.2 Å². The maximum Gasteiger partial charge on any atom is 0.127 e. The normalized spacial score (nSPS) is 20.7. The zero-order chi connectivity index (χ0) is 14.7. The van der Waals surface area contributed by atoms with Crippen molar-refractivity contribution in [2.24, 2.45) is 0 Å². The number of hydrogen-bond acceptors (Lipinski definition) is 2. The van der Waals surface area contributed by atoms with Crippen LogP contribution in [0.5, 0.6) is 5.75 Å². The van der Waals surface area contributed by atoms with E-state index in [1.54, 1.807) is 0 Å². The maximum atomic E-state index is 13.4. The van der Waals surface area contributed by atoms with E-state index in [4.69, 9.17) is 4.74 Å². The molecule has 0 radical (unpaired) electrons. The van der Waals surface area contributed by atoms with Crippen LogP contribution in [0.2, 0.25) is 0 Å². The van der Waals surface area contributed by atoms with E-state index in [-0.39, 0.29) is 18.0 Å². The smallest absolute Gasteiger partial charge is 0.127 e. The summed E-state index contributed by atoms with van der Waals surface area (Å²) in [4.78, 5) is 0. The number of aryl methyl sites for hydroxylation is 1. The Morgan fingerprint density at radius 1 is 1.19 bits per heavy atom. The predicted octanol–water partition coefficient (Wildman–Crippen LogP) is 3.87. The Morgan fingerprint density at radius 3 is 2.76 bits per heavy atom. The molecule has 0 saturated carbocycles. The molecular formula is C18H20FNO. The van der Waals surface area contributed by atoms with Gasteiger partial charge in [-0.1, -0.05) is 36.4 Å². The molecule has 3 rings (SSSR count). The van der Waals surface area contributed by atoms with Crippen LogP contribution in [0.3, 0.4) is 0 Å². The monoisotopic (exact) mass is 285 g/mol. The fourth-order valence-electron chi connectivity index (χ4n) is 2.94. The van der Waals surface area contributed by atoms with Crippen LogP contribution in [-0.4, -0.2) is 13.2 Å². The van der Waals surface area contributed by atoms with Gasteiger partial charge in [-0.3, -0.25) is 0 Å². The Balaban J connectivity index is 1.71. The van der Waals surface area contributed by atoms with E-state index in [0.717, 1.165) is 24.8 Å². The van der Waals surface area contributed by atoms with Crippen molar-refractivity contribution in [2.45, 2.75) is 31.4 Å². The molecule has 0 fully saturated rings. The van der Waals surface area contributed by atoms with Gasteiger partial charge in [0.05, 0.1) is 0 Å². The van der Waals surface area contributed by atoms with Gasteiger partial charge in [-0.25, -0.2) is 4.39 Å². The summed E-state index contributed by atoms with van der Waals surface area (Å²) in [7, 11) is 1.94. The molecule has 0 amide bonds. The Kier molecular flexibility index (Phi) is 4.20. The summed E-state index contributed by atoms with van der Waals surface area (Å²) in [6.45, 7) is 0. The number of halogens is 1. The van der Waals surface area contributed by atoms with Crippen molar-refractivity contribution < 1.29 is 9.13 Å². The topological polar surface area (TPSA) is 21.3 Å². The van der Waals surface area contributed by atoms with Crippen molar-refractivity contribution in [3.8, 4) is 5.75 Å². The molecule has 2 aromatic carbocycles. The number of ether oxygens (including phenoxy) is 1. The predicted molar refractivity (Wildman–Crippen MR) is 82.0 cm³/mol. The molecule has 1 aliphatic heterocycles. The third-order valence-corrected chi connectivity index (χ3v) is 4.09. The quantitative estimate of drug-likeness (QED) is 0.920. The SMILES string of the molecule is CNC1CC(CCc2ccccc2)Oc2cc(F)ccc21. The van der Waals surface area contributed by atoms with Crippen LogP contribution in [0.4, 0.5) is 4.39 Å². The summed E-state index contributed by atoms with van der Waals surface area (Å²) in [5, 5.41) is 3.31. The van der Waals surface area contributed by atoms with Crippen molar-refractivity contribution in [2.75, 3.05) is 7.05 Å². The molecule has 0 bridgehead atoms. The molecular weight excluding hydrogens is 265 g/mol. The van der Waals surface area contributed by atoms with Crippen LogP contribution in [0.25, 0.3) is 0 Å². The van der Waals surface area contributed by atoms with Crippen LogP contribution in [0, 0.1) is 5.82 Å². The number of benzene rings is 2. The van der Waals surface area contributed by atoms with Crippen LogP contribution >= 0.6 is 0 Å². The fraction of sp³-hybridized carbons (Fsp3) is 0.333. The fourth-order valence-corrected chi connectivity index (χ4v) is 2.94. The lowest BCUT2D eigenvalue weighted by molar-refractivity contribution is 0.142. The van der Waals surface area contributed by atoms with Gasteiger partial charge in [0.1, 0.15) is 17.7 Å². The summed E-state index contributed by atoms with van der Waals surface area (Å²) >= 11 is 0. The number of hydrogen-bond donors (Lipinski definition) is 1. The van der Waals surface area contributed by atoms with Crippen molar-refractivity contribution in [1.29, 1.82) is 0 Å². The molecule has 0 saturated heterocycles. The van der Waals surface area contributed by atoms with E-state index in [1.165, 1.54) is 17.7 Å². The summed E-state index contributed by atoms with van der Waals surface area (Å²) < 4.78 is 19.4. The third-order valence-electron chi connectivity index (χ3n) is 4.09. The van der Waals surface area contributed by atoms with Crippen molar-refractivity contribution in [3.05, 3.63) is 65.5 Å². The molecule has 2 aromatic rings. The minimum absolute atomic E-state index is 0.122. The highest BCUT2D eigenvalue weighted by molar-refractivity contribution is 5.38. The Bertz CT molecular complexity index is 599. The van der Waals surface area contributed by atoms with Crippen LogP contribution in [-0.2, 0) is 6.42 Å². The van der Waals surface area contributed by atoms with Gasteiger partial charge in [0, 0.05) is 24.1 Å². The van der Waals surface area contributed by atoms with Gasteiger partial charge in [-0.2, -0.15) is 0 Å². The molecule has 2 unspecified atom stereocenters. The first-order valence-electron chi connectivity index (χ1n) is 7.43. The van der Waals surface area contributed by atoms with Crippen LogP contribution in [0.15, 0.2) is 48.5 Å². The van der Waals surface area contributed by atoms with Crippen molar-refractivity contribution in [1.82, 2.24) is 5.32 Å². The lowest BCUT2D eigenvalue weighted by atomic mass is 9.93. The molecule has 0 aromatic heterocycles.